The zero-order chi connectivity index (χ0) is 13.0. The summed E-state index contributed by atoms with van der Waals surface area (Å²) in [6.45, 7) is 2.42. The first-order valence-corrected chi connectivity index (χ1v) is 6.15. The number of benzene rings is 2. The smallest absolute Gasteiger partial charge is 0.119 e. The van der Waals surface area contributed by atoms with Crippen molar-refractivity contribution in [3.8, 4) is 5.75 Å². The molecule has 0 fully saturated rings. The molecule has 0 heterocycles. The summed E-state index contributed by atoms with van der Waals surface area (Å²) in [7, 11) is 0. The molecule has 0 saturated heterocycles. The molecule has 3 nitrogen and oxygen atoms in total. The Morgan fingerprint density at radius 3 is 2.61 bits per heavy atom. The highest BCUT2D eigenvalue weighted by Crippen LogP contribution is 2.21. The van der Waals surface area contributed by atoms with Gasteiger partial charge in [0.15, 0.2) is 0 Å². The molecule has 0 saturated carbocycles. The van der Waals surface area contributed by atoms with E-state index in [0.717, 1.165) is 11.1 Å². The Morgan fingerprint density at radius 1 is 1.17 bits per heavy atom. The van der Waals surface area contributed by atoms with E-state index in [1.54, 1.807) is 6.92 Å². The predicted molar refractivity (Wildman–Crippen MR) is 73.7 cm³/mol. The third-order valence-electron chi connectivity index (χ3n) is 3.07. The molecule has 2 aromatic carbocycles. The monoisotopic (exact) mass is 245 g/mol. The molecule has 0 aromatic heterocycles. The minimum atomic E-state index is -0.850. The van der Waals surface area contributed by atoms with Gasteiger partial charge >= 0.3 is 0 Å². The maximum atomic E-state index is 9.77. The fourth-order valence-corrected chi connectivity index (χ4v) is 1.75. The van der Waals surface area contributed by atoms with Gasteiger partial charge in [0.2, 0.25) is 0 Å². The first-order chi connectivity index (χ1) is 8.61. The van der Waals surface area contributed by atoms with Gasteiger partial charge in [0.25, 0.3) is 0 Å². The maximum absolute atomic E-state index is 9.77. The van der Waals surface area contributed by atoms with Crippen molar-refractivity contribution in [1.29, 1.82) is 0 Å². The molecule has 0 aliphatic carbocycles. The number of fused-ring (bicyclic) bond motifs is 1. The van der Waals surface area contributed by atoms with Crippen LogP contribution in [0.25, 0.3) is 10.8 Å². The average Bonchev–Trinajstić information content (AvgIpc) is 2.38. The lowest BCUT2D eigenvalue weighted by molar-refractivity contribution is 0.0454. The minimum Gasteiger partial charge on any atom is -0.493 e. The van der Waals surface area contributed by atoms with Crippen LogP contribution in [-0.4, -0.2) is 23.9 Å². The van der Waals surface area contributed by atoms with Crippen molar-refractivity contribution in [2.45, 2.75) is 18.9 Å². The molecule has 1 unspecified atom stereocenters. The van der Waals surface area contributed by atoms with Crippen LogP contribution in [-0.2, 0) is 0 Å². The van der Waals surface area contributed by atoms with E-state index in [2.05, 4.69) is 12.1 Å². The van der Waals surface area contributed by atoms with Crippen molar-refractivity contribution in [1.82, 2.24) is 0 Å². The summed E-state index contributed by atoms with van der Waals surface area (Å²) in [6.07, 6.45) is 0.524. The van der Waals surface area contributed by atoms with Crippen molar-refractivity contribution in [3.05, 3.63) is 42.5 Å². The van der Waals surface area contributed by atoms with Gasteiger partial charge in [-0.15, -0.1) is 0 Å². The standard InChI is InChI=1S/C15H19NO2/c1-15(17,11-16)8-9-18-14-7-6-12-4-2-3-5-13(12)10-14/h2-7,10,17H,8-9,11,16H2,1H3. The van der Waals surface area contributed by atoms with Gasteiger partial charge in [-0.3, -0.25) is 0 Å². The molecule has 0 aliphatic heterocycles. The molecule has 3 N–H and O–H groups in total. The Labute approximate surface area is 107 Å². The Kier molecular flexibility index (Phi) is 3.84. The fraction of sp³-hybridized carbons (Fsp3) is 0.333. The lowest BCUT2D eigenvalue weighted by Crippen LogP contribution is -2.35. The highest BCUT2D eigenvalue weighted by molar-refractivity contribution is 5.83. The zero-order valence-corrected chi connectivity index (χ0v) is 10.6. The summed E-state index contributed by atoms with van der Waals surface area (Å²) in [5, 5.41) is 12.1. The number of hydrogen-bond acceptors (Lipinski definition) is 3. The van der Waals surface area contributed by atoms with E-state index in [0.29, 0.717) is 13.0 Å². The van der Waals surface area contributed by atoms with Crippen molar-refractivity contribution in [3.63, 3.8) is 0 Å². The highest BCUT2D eigenvalue weighted by atomic mass is 16.5. The van der Waals surface area contributed by atoms with Crippen LogP contribution in [0.1, 0.15) is 13.3 Å². The third kappa shape index (κ3) is 3.22. The lowest BCUT2D eigenvalue weighted by Gasteiger charge is -2.20. The maximum Gasteiger partial charge on any atom is 0.119 e. The normalized spacial score (nSPS) is 14.4. The van der Waals surface area contributed by atoms with Gasteiger partial charge in [-0.25, -0.2) is 0 Å². The molecule has 0 radical (unpaired) electrons. The number of aliphatic hydroxyl groups is 1. The lowest BCUT2D eigenvalue weighted by atomic mass is 10.0. The average molecular weight is 245 g/mol. The molecular formula is C15H19NO2. The van der Waals surface area contributed by atoms with Gasteiger partial charge in [0, 0.05) is 13.0 Å². The molecule has 18 heavy (non-hydrogen) atoms. The number of nitrogens with two attached hydrogens (primary N) is 1. The largest absolute Gasteiger partial charge is 0.493 e. The SMILES string of the molecule is CC(O)(CN)CCOc1ccc2ccccc2c1. The van der Waals surface area contributed by atoms with E-state index in [1.807, 2.05) is 30.3 Å². The molecule has 96 valence electrons. The van der Waals surface area contributed by atoms with Crippen molar-refractivity contribution < 1.29 is 9.84 Å². The molecule has 2 aromatic rings. The summed E-state index contributed by atoms with van der Waals surface area (Å²) >= 11 is 0. The van der Waals surface area contributed by atoms with Crippen LogP contribution in [0, 0.1) is 0 Å². The topological polar surface area (TPSA) is 55.5 Å². The van der Waals surface area contributed by atoms with Crippen LogP contribution in [0.3, 0.4) is 0 Å². The number of hydrogen-bond donors (Lipinski definition) is 2. The van der Waals surface area contributed by atoms with Crippen LogP contribution >= 0.6 is 0 Å². The quantitative estimate of drug-likeness (QED) is 0.850. The molecule has 0 bridgehead atoms. The van der Waals surface area contributed by atoms with E-state index in [4.69, 9.17) is 10.5 Å². The van der Waals surface area contributed by atoms with Gasteiger partial charge < -0.3 is 15.6 Å². The molecule has 3 heteroatoms. The first-order valence-electron chi connectivity index (χ1n) is 6.15. The predicted octanol–water partition coefficient (Wildman–Crippen LogP) is 2.32. The van der Waals surface area contributed by atoms with Crippen LogP contribution in [0.2, 0.25) is 0 Å². The second-order valence-corrected chi connectivity index (χ2v) is 4.81. The first kappa shape index (κ1) is 12.9. The summed E-state index contributed by atoms with van der Waals surface area (Å²) < 4.78 is 5.64. The van der Waals surface area contributed by atoms with Gasteiger partial charge in [0.05, 0.1) is 12.2 Å². The van der Waals surface area contributed by atoms with Crippen LogP contribution in [0.5, 0.6) is 5.75 Å². The van der Waals surface area contributed by atoms with Crippen LogP contribution in [0.15, 0.2) is 42.5 Å². The number of ether oxygens (including phenoxy) is 1. The van der Waals surface area contributed by atoms with Crippen molar-refractivity contribution in [2.24, 2.45) is 5.73 Å². The second kappa shape index (κ2) is 5.38. The van der Waals surface area contributed by atoms with Gasteiger partial charge in [-0.05, 0) is 29.8 Å². The van der Waals surface area contributed by atoms with Crippen molar-refractivity contribution >= 4 is 10.8 Å². The Hall–Kier alpha value is -1.58. The van der Waals surface area contributed by atoms with E-state index in [9.17, 15) is 5.11 Å². The molecular weight excluding hydrogens is 226 g/mol. The second-order valence-electron chi connectivity index (χ2n) is 4.81. The summed E-state index contributed by atoms with van der Waals surface area (Å²) in [5.74, 6) is 0.821. The zero-order valence-electron chi connectivity index (χ0n) is 10.6. The van der Waals surface area contributed by atoms with Crippen LogP contribution in [0.4, 0.5) is 0 Å². The fourth-order valence-electron chi connectivity index (χ4n) is 1.75. The third-order valence-corrected chi connectivity index (χ3v) is 3.07. The molecule has 0 amide bonds. The Morgan fingerprint density at radius 2 is 1.89 bits per heavy atom. The van der Waals surface area contributed by atoms with E-state index < -0.39 is 5.60 Å². The van der Waals surface area contributed by atoms with Gasteiger partial charge in [-0.1, -0.05) is 30.3 Å². The van der Waals surface area contributed by atoms with Crippen LogP contribution < -0.4 is 10.5 Å². The summed E-state index contributed by atoms with van der Waals surface area (Å²) in [4.78, 5) is 0. The van der Waals surface area contributed by atoms with E-state index in [1.165, 1.54) is 5.39 Å². The number of rotatable bonds is 5. The molecule has 1 atom stereocenters. The highest BCUT2D eigenvalue weighted by Gasteiger charge is 2.17. The Bertz CT molecular complexity index is 523. The van der Waals surface area contributed by atoms with Gasteiger partial charge in [0.1, 0.15) is 5.75 Å². The summed E-state index contributed by atoms with van der Waals surface area (Å²) in [5.41, 5.74) is 4.60. The van der Waals surface area contributed by atoms with E-state index >= 15 is 0 Å². The summed E-state index contributed by atoms with van der Waals surface area (Å²) in [6, 6.07) is 14.1. The Balaban J connectivity index is 2.00. The minimum absolute atomic E-state index is 0.244. The molecule has 0 aliphatic rings. The molecule has 0 spiro atoms. The van der Waals surface area contributed by atoms with E-state index in [-0.39, 0.29) is 6.54 Å². The van der Waals surface area contributed by atoms with Crippen molar-refractivity contribution in [2.75, 3.05) is 13.2 Å². The molecule has 2 rings (SSSR count). The van der Waals surface area contributed by atoms with Gasteiger partial charge in [-0.2, -0.15) is 0 Å².